The minimum Gasteiger partial charge on any atom is -0.380 e. The van der Waals surface area contributed by atoms with E-state index in [1.165, 1.54) is 6.42 Å². The third-order valence-electron chi connectivity index (χ3n) is 4.30. The molecule has 1 fully saturated rings. The second-order valence-electron chi connectivity index (χ2n) is 6.67. The van der Waals surface area contributed by atoms with Crippen LogP contribution in [0.1, 0.15) is 46.5 Å². The third-order valence-corrected chi connectivity index (χ3v) is 4.30. The first kappa shape index (κ1) is 16.4. The van der Waals surface area contributed by atoms with Crippen LogP contribution >= 0.6 is 0 Å². The molecule has 2 N–H and O–H groups in total. The number of likely N-dealkylation sites (tertiary alicyclic amines) is 1. The number of rotatable bonds is 4. The minimum atomic E-state index is -0.144. The smallest absolute Gasteiger partial charge is 0.225 e. The van der Waals surface area contributed by atoms with Gasteiger partial charge < -0.3 is 15.4 Å². The van der Waals surface area contributed by atoms with E-state index in [2.05, 4.69) is 20.8 Å². The molecule has 2 atom stereocenters. The zero-order valence-corrected chi connectivity index (χ0v) is 12.9. The molecular weight excluding hydrogens is 240 g/mol. The number of ether oxygens (including phenoxy) is 1. The van der Waals surface area contributed by atoms with Gasteiger partial charge in [0.05, 0.1) is 12.5 Å². The summed E-state index contributed by atoms with van der Waals surface area (Å²) in [6.45, 7) is 9.05. The fourth-order valence-corrected chi connectivity index (χ4v) is 2.80. The summed E-state index contributed by atoms with van der Waals surface area (Å²) in [6.07, 6.45) is 3.70. The fourth-order valence-electron chi connectivity index (χ4n) is 2.80. The summed E-state index contributed by atoms with van der Waals surface area (Å²) >= 11 is 0. The molecule has 19 heavy (non-hydrogen) atoms. The van der Waals surface area contributed by atoms with Crippen molar-refractivity contribution in [3.8, 4) is 0 Å². The zero-order valence-electron chi connectivity index (χ0n) is 12.9. The molecule has 1 heterocycles. The molecule has 1 saturated heterocycles. The van der Waals surface area contributed by atoms with Gasteiger partial charge in [0.25, 0.3) is 0 Å². The molecule has 1 amide bonds. The largest absolute Gasteiger partial charge is 0.380 e. The lowest BCUT2D eigenvalue weighted by atomic mass is 9.77. The molecule has 0 aromatic heterocycles. The maximum Gasteiger partial charge on any atom is 0.225 e. The molecule has 0 aromatic rings. The molecule has 1 rings (SSSR count). The summed E-state index contributed by atoms with van der Waals surface area (Å²) in [6, 6.07) is 0. The van der Waals surface area contributed by atoms with Crippen molar-refractivity contribution >= 4 is 5.91 Å². The van der Waals surface area contributed by atoms with Gasteiger partial charge in [-0.1, -0.05) is 20.8 Å². The summed E-state index contributed by atoms with van der Waals surface area (Å²) in [7, 11) is 1.61. The zero-order chi connectivity index (χ0) is 14.5. The van der Waals surface area contributed by atoms with Crippen LogP contribution in [0.4, 0.5) is 0 Å². The minimum absolute atomic E-state index is 0.144. The van der Waals surface area contributed by atoms with Crippen LogP contribution in [0.5, 0.6) is 0 Å². The number of hydrogen-bond donors (Lipinski definition) is 1. The van der Waals surface area contributed by atoms with E-state index in [1.54, 1.807) is 7.11 Å². The SMILES string of the molecule is COC(CN)CC(=O)N1CCCC(C(C)(C)C)CC1. The molecule has 0 aliphatic carbocycles. The predicted octanol–water partition coefficient (Wildman–Crippen LogP) is 2.02. The highest BCUT2D eigenvalue weighted by atomic mass is 16.5. The van der Waals surface area contributed by atoms with Gasteiger partial charge in [0, 0.05) is 26.7 Å². The lowest BCUT2D eigenvalue weighted by Crippen LogP contribution is -2.37. The lowest BCUT2D eigenvalue weighted by Gasteiger charge is -2.30. The Morgan fingerprint density at radius 2 is 2.05 bits per heavy atom. The molecule has 0 aromatic carbocycles. The van der Waals surface area contributed by atoms with Gasteiger partial charge in [-0.05, 0) is 30.6 Å². The average Bonchev–Trinajstić information content (AvgIpc) is 2.60. The van der Waals surface area contributed by atoms with Gasteiger partial charge in [0.2, 0.25) is 5.91 Å². The molecule has 0 spiro atoms. The van der Waals surface area contributed by atoms with E-state index in [-0.39, 0.29) is 12.0 Å². The van der Waals surface area contributed by atoms with Gasteiger partial charge >= 0.3 is 0 Å². The van der Waals surface area contributed by atoms with E-state index in [9.17, 15) is 4.79 Å². The third kappa shape index (κ3) is 5.11. The van der Waals surface area contributed by atoms with Gasteiger partial charge in [-0.25, -0.2) is 0 Å². The summed E-state index contributed by atoms with van der Waals surface area (Å²) in [4.78, 5) is 14.2. The van der Waals surface area contributed by atoms with E-state index < -0.39 is 0 Å². The molecular formula is C15H30N2O2. The highest BCUT2D eigenvalue weighted by molar-refractivity contribution is 5.76. The number of hydrogen-bond acceptors (Lipinski definition) is 3. The first-order valence-corrected chi connectivity index (χ1v) is 7.39. The number of methoxy groups -OCH3 is 1. The Labute approximate surface area is 117 Å². The van der Waals surface area contributed by atoms with Crippen LogP contribution in [0.3, 0.4) is 0 Å². The molecule has 1 aliphatic rings. The van der Waals surface area contributed by atoms with Crippen molar-refractivity contribution in [2.24, 2.45) is 17.1 Å². The number of carbonyl (C=O) groups is 1. The first-order chi connectivity index (χ1) is 8.88. The van der Waals surface area contributed by atoms with Crippen molar-refractivity contribution in [3.05, 3.63) is 0 Å². The van der Waals surface area contributed by atoms with Crippen LogP contribution in [-0.4, -0.2) is 43.7 Å². The predicted molar refractivity (Wildman–Crippen MR) is 77.8 cm³/mol. The maximum absolute atomic E-state index is 12.2. The monoisotopic (exact) mass is 270 g/mol. The summed E-state index contributed by atoms with van der Waals surface area (Å²) < 4.78 is 5.20. The van der Waals surface area contributed by atoms with Crippen molar-refractivity contribution < 1.29 is 9.53 Å². The maximum atomic E-state index is 12.2. The standard InChI is InChI=1S/C15H30N2O2/c1-15(2,3)12-6-5-8-17(9-7-12)14(18)10-13(11-16)19-4/h12-13H,5-11,16H2,1-4H3. The number of nitrogens with two attached hydrogens (primary N) is 1. The van der Waals surface area contributed by atoms with E-state index in [1.807, 2.05) is 4.90 Å². The highest BCUT2D eigenvalue weighted by Gasteiger charge is 2.28. The average molecular weight is 270 g/mol. The topological polar surface area (TPSA) is 55.6 Å². The molecule has 0 radical (unpaired) electrons. The van der Waals surface area contributed by atoms with E-state index >= 15 is 0 Å². The van der Waals surface area contributed by atoms with Crippen molar-refractivity contribution in [2.45, 2.75) is 52.6 Å². The van der Waals surface area contributed by atoms with Crippen LogP contribution in [0.25, 0.3) is 0 Å². The fraction of sp³-hybridized carbons (Fsp3) is 0.933. The summed E-state index contributed by atoms with van der Waals surface area (Å²) in [5, 5.41) is 0. The quantitative estimate of drug-likeness (QED) is 0.850. The Hall–Kier alpha value is -0.610. The Morgan fingerprint density at radius 1 is 1.37 bits per heavy atom. The Balaban J connectivity index is 2.50. The van der Waals surface area contributed by atoms with Gasteiger partial charge in [0.1, 0.15) is 0 Å². The van der Waals surface area contributed by atoms with Crippen LogP contribution in [0.2, 0.25) is 0 Å². The van der Waals surface area contributed by atoms with E-state index in [0.717, 1.165) is 25.9 Å². The van der Waals surface area contributed by atoms with Crippen molar-refractivity contribution in [1.29, 1.82) is 0 Å². The molecule has 4 nitrogen and oxygen atoms in total. The Kier molecular flexibility index (Phi) is 6.27. The molecule has 1 aliphatic heterocycles. The molecule has 4 heteroatoms. The van der Waals surface area contributed by atoms with Crippen LogP contribution < -0.4 is 5.73 Å². The van der Waals surface area contributed by atoms with E-state index in [0.29, 0.717) is 24.3 Å². The number of nitrogens with zero attached hydrogens (tertiary/aromatic N) is 1. The summed E-state index contributed by atoms with van der Waals surface area (Å²) in [5.41, 5.74) is 5.91. The molecule has 2 unspecified atom stereocenters. The van der Waals surface area contributed by atoms with Gasteiger partial charge in [-0.15, -0.1) is 0 Å². The van der Waals surface area contributed by atoms with Gasteiger partial charge in [-0.3, -0.25) is 4.79 Å². The van der Waals surface area contributed by atoms with Crippen LogP contribution in [0, 0.1) is 11.3 Å². The molecule has 0 saturated carbocycles. The number of amides is 1. The van der Waals surface area contributed by atoms with Crippen molar-refractivity contribution in [1.82, 2.24) is 4.90 Å². The van der Waals surface area contributed by atoms with Crippen LogP contribution in [0.15, 0.2) is 0 Å². The van der Waals surface area contributed by atoms with E-state index in [4.69, 9.17) is 10.5 Å². The second kappa shape index (κ2) is 7.25. The Morgan fingerprint density at radius 3 is 2.58 bits per heavy atom. The second-order valence-corrected chi connectivity index (χ2v) is 6.67. The lowest BCUT2D eigenvalue weighted by molar-refractivity contribution is -0.133. The number of carbonyl (C=O) groups excluding carboxylic acids is 1. The van der Waals surface area contributed by atoms with Crippen LogP contribution in [-0.2, 0) is 9.53 Å². The molecule has 112 valence electrons. The van der Waals surface area contributed by atoms with Crippen molar-refractivity contribution in [3.63, 3.8) is 0 Å². The normalized spacial score (nSPS) is 23.0. The van der Waals surface area contributed by atoms with Crippen molar-refractivity contribution in [2.75, 3.05) is 26.7 Å². The first-order valence-electron chi connectivity index (χ1n) is 7.39. The summed E-state index contributed by atoms with van der Waals surface area (Å²) in [5.74, 6) is 0.893. The Bertz CT molecular complexity index is 282. The van der Waals surface area contributed by atoms with Gasteiger partial charge in [-0.2, -0.15) is 0 Å². The molecule has 0 bridgehead atoms. The highest BCUT2D eigenvalue weighted by Crippen LogP contribution is 2.34. The van der Waals surface area contributed by atoms with Gasteiger partial charge in [0.15, 0.2) is 0 Å².